The number of allylic oxidation sites excluding steroid dienone is 2. The van der Waals surface area contributed by atoms with Crippen LogP contribution in [-0.2, 0) is 9.53 Å². The lowest BCUT2D eigenvalue weighted by Crippen LogP contribution is -2.49. The van der Waals surface area contributed by atoms with Crippen LogP contribution in [0.5, 0.6) is 5.75 Å². The van der Waals surface area contributed by atoms with Gasteiger partial charge in [0.15, 0.2) is 5.60 Å². The Morgan fingerprint density at radius 3 is 2.54 bits per heavy atom. The molecule has 3 rings (SSSR count). The molecule has 1 saturated carbocycles. The molecule has 1 aromatic carbocycles. The Kier molecular flexibility index (Phi) is 5.50. The average Bonchev–Trinajstić information content (AvgIpc) is 3.41. The molecule has 26 heavy (non-hydrogen) atoms. The topological polar surface area (TPSA) is 35.5 Å². The van der Waals surface area contributed by atoms with Crippen molar-refractivity contribution in [1.82, 2.24) is 0 Å². The fourth-order valence-electron chi connectivity index (χ4n) is 3.05. The summed E-state index contributed by atoms with van der Waals surface area (Å²) in [7, 11) is 0. The lowest BCUT2D eigenvalue weighted by Gasteiger charge is -2.46. The van der Waals surface area contributed by atoms with E-state index in [4.69, 9.17) is 32.7 Å². The Hall–Kier alpha value is -1.71. The van der Waals surface area contributed by atoms with Crippen LogP contribution in [-0.4, -0.2) is 18.2 Å². The van der Waals surface area contributed by atoms with Crippen LogP contribution in [0.2, 0.25) is 0 Å². The second-order valence-electron chi connectivity index (χ2n) is 7.20. The van der Waals surface area contributed by atoms with Crippen molar-refractivity contribution >= 4 is 29.2 Å². The molecule has 0 bridgehead atoms. The molecular formula is C21H22Cl2O3. The Morgan fingerprint density at radius 1 is 1.23 bits per heavy atom. The largest absolute Gasteiger partial charge is 0.478 e. The second kappa shape index (κ2) is 7.50. The zero-order valence-electron chi connectivity index (χ0n) is 14.9. The Labute approximate surface area is 164 Å². The number of carbonyl (C=O) groups is 1. The normalized spacial score (nSPS) is 23.8. The summed E-state index contributed by atoms with van der Waals surface area (Å²) in [5.74, 6) is 0.643. The molecule has 1 fully saturated rings. The van der Waals surface area contributed by atoms with Gasteiger partial charge in [-0.15, -0.1) is 0 Å². The molecule has 0 saturated heterocycles. The maximum Gasteiger partial charge on any atom is 0.309 e. The van der Waals surface area contributed by atoms with Crippen LogP contribution >= 0.6 is 23.2 Å². The summed E-state index contributed by atoms with van der Waals surface area (Å²) in [5, 5.41) is 0. The summed E-state index contributed by atoms with van der Waals surface area (Å²) in [6.07, 6.45) is 9.32. The lowest BCUT2D eigenvalue weighted by atomic mass is 9.67. The first kappa shape index (κ1) is 19.1. The lowest BCUT2D eigenvalue weighted by molar-refractivity contribution is -0.144. The highest BCUT2D eigenvalue weighted by atomic mass is 35.5. The number of carbonyl (C=O) groups excluding carboxylic acids is 1. The second-order valence-corrected chi connectivity index (χ2v) is 8.21. The maximum atomic E-state index is 11.9. The summed E-state index contributed by atoms with van der Waals surface area (Å²) in [6, 6.07) is 9.50. The molecule has 0 aliphatic heterocycles. The maximum absolute atomic E-state index is 11.9. The summed E-state index contributed by atoms with van der Waals surface area (Å²) < 4.78 is 12.0. The monoisotopic (exact) mass is 392 g/mol. The zero-order valence-corrected chi connectivity index (χ0v) is 16.4. The van der Waals surface area contributed by atoms with Gasteiger partial charge in [-0.2, -0.15) is 0 Å². The molecule has 3 nitrogen and oxygen atoms in total. The Bertz CT molecular complexity index is 757. The van der Waals surface area contributed by atoms with Crippen LogP contribution in [0.1, 0.15) is 26.7 Å². The van der Waals surface area contributed by atoms with Crippen molar-refractivity contribution in [3.8, 4) is 5.75 Å². The van der Waals surface area contributed by atoms with Crippen molar-refractivity contribution < 1.29 is 14.3 Å². The fraction of sp³-hybridized carbons (Fsp3) is 0.381. The summed E-state index contributed by atoms with van der Waals surface area (Å²) in [4.78, 5) is 11.9. The van der Waals surface area contributed by atoms with Crippen molar-refractivity contribution in [2.75, 3.05) is 6.61 Å². The van der Waals surface area contributed by atoms with Crippen molar-refractivity contribution in [2.24, 2.45) is 11.3 Å². The number of halogens is 2. The van der Waals surface area contributed by atoms with E-state index in [-0.39, 0.29) is 23.0 Å². The van der Waals surface area contributed by atoms with E-state index in [2.05, 4.69) is 0 Å². The molecule has 2 aliphatic rings. The molecule has 1 atom stereocenters. The van der Waals surface area contributed by atoms with Crippen LogP contribution in [0, 0.1) is 11.3 Å². The van der Waals surface area contributed by atoms with Crippen LogP contribution in [0.4, 0.5) is 0 Å². The van der Waals surface area contributed by atoms with Gasteiger partial charge in [-0.3, -0.25) is 4.79 Å². The predicted molar refractivity (Wildman–Crippen MR) is 104 cm³/mol. The number of hydrogen-bond donors (Lipinski definition) is 0. The van der Waals surface area contributed by atoms with E-state index in [1.807, 2.05) is 62.4 Å². The van der Waals surface area contributed by atoms with E-state index < -0.39 is 11.0 Å². The van der Waals surface area contributed by atoms with Crippen LogP contribution in [0.15, 0.2) is 64.7 Å². The minimum atomic E-state index is -0.900. The van der Waals surface area contributed by atoms with Gasteiger partial charge in [0.1, 0.15) is 16.8 Å². The van der Waals surface area contributed by atoms with Gasteiger partial charge in [0, 0.05) is 5.41 Å². The predicted octanol–water partition coefficient (Wildman–Crippen LogP) is 5.60. The molecule has 0 aromatic heterocycles. The van der Waals surface area contributed by atoms with E-state index in [9.17, 15) is 4.79 Å². The third-order valence-corrected chi connectivity index (χ3v) is 5.27. The van der Waals surface area contributed by atoms with E-state index in [1.165, 1.54) is 0 Å². The van der Waals surface area contributed by atoms with Crippen molar-refractivity contribution in [3.05, 3.63) is 64.7 Å². The first-order valence-electron chi connectivity index (χ1n) is 8.67. The van der Waals surface area contributed by atoms with Crippen LogP contribution in [0.25, 0.3) is 0 Å². The van der Waals surface area contributed by atoms with E-state index >= 15 is 0 Å². The van der Waals surface area contributed by atoms with Gasteiger partial charge < -0.3 is 9.47 Å². The first-order valence-corrected chi connectivity index (χ1v) is 9.43. The fourth-order valence-corrected chi connectivity index (χ4v) is 3.38. The highest BCUT2D eigenvalue weighted by molar-refractivity contribution is 6.55. The molecule has 0 N–H and O–H groups in total. The zero-order chi connectivity index (χ0) is 18.8. The molecular weight excluding hydrogens is 371 g/mol. The highest BCUT2D eigenvalue weighted by Gasteiger charge is 2.48. The standard InChI is InChI=1S/C21H22Cl2O3/c1-20(2)16(14-25-19(24)15-10-11-15)7-6-12-21(20,13-18(22)23)26-17-8-4-3-5-9-17/h3-9,12-13,15H,10-11,14H2,1-2H3. The SMILES string of the molecule is CC1(C)C(COC(=O)C2CC2)=CC=CC1(C=C(Cl)Cl)Oc1ccccc1. The smallest absolute Gasteiger partial charge is 0.309 e. The van der Waals surface area contributed by atoms with Gasteiger partial charge in [0.05, 0.1) is 5.92 Å². The molecule has 0 amide bonds. The molecule has 1 aromatic rings. The number of ether oxygens (including phenoxy) is 2. The van der Waals surface area contributed by atoms with Gasteiger partial charge in [0.25, 0.3) is 0 Å². The van der Waals surface area contributed by atoms with Crippen LogP contribution < -0.4 is 4.74 Å². The van der Waals surface area contributed by atoms with E-state index in [1.54, 1.807) is 6.08 Å². The minimum absolute atomic E-state index is 0.0698. The molecule has 0 spiro atoms. The van der Waals surface area contributed by atoms with Gasteiger partial charge in [-0.1, -0.05) is 67.4 Å². The van der Waals surface area contributed by atoms with Gasteiger partial charge in [0.2, 0.25) is 0 Å². The number of para-hydroxylation sites is 1. The number of benzene rings is 1. The summed E-state index contributed by atoms with van der Waals surface area (Å²) in [6.45, 7) is 4.28. The van der Waals surface area contributed by atoms with E-state index in [0.717, 1.165) is 18.4 Å². The highest BCUT2D eigenvalue weighted by Crippen LogP contribution is 2.47. The van der Waals surface area contributed by atoms with Gasteiger partial charge >= 0.3 is 5.97 Å². The van der Waals surface area contributed by atoms with Gasteiger partial charge in [-0.25, -0.2) is 0 Å². The third-order valence-electron chi connectivity index (χ3n) is 5.05. The van der Waals surface area contributed by atoms with Crippen molar-refractivity contribution in [3.63, 3.8) is 0 Å². The van der Waals surface area contributed by atoms with Crippen molar-refractivity contribution in [1.29, 1.82) is 0 Å². The minimum Gasteiger partial charge on any atom is -0.478 e. The molecule has 0 heterocycles. The molecule has 0 radical (unpaired) electrons. The van der Waals surface area contributed by atoms with Crippen molar-refractivity contribution in [2.45, 2.75) is 32.3 Å². The summed E-state index contributed by atoms with van der Waals surface area (Å²) >= 11 is 12.1. The third kappa shape index (κ3) is 3.99. The number of rotatable bonds is 6. The van der Waals surface area contributed by atoms with Crippen LogP contribution in [0.3, 0.4) is 0 Å². The Balaban J connectivity index is 1.88. The Morgan fingerprint density at radius 2 is 1.92 bits per heavy atom. The first-order chi connectivity index (χ1) is 12.3. The molecule has 2 aliphatic carbocycles. The molecule has 1 unspecified atom stereocenters. The average molecular weight is 393 g/mol. The molecule has 5 heteroatoms. The number of hydrogen-bond acceptors (Lipinski definition) is 3. The summed E-state index contributed by atoms with van der Waals surface area (Å²) in [5.41, 5.74) is -0.490. The van der Waals surface area contributed by atoms with Gasteiger partial charge in [-0.05, 0) is 42.7 Å². The molecule has 138 valence electrons. The van der Waals surface area contributed by atoms with E-state index in [0.29, 0.717) is 5.75 Å². The number of esters is 1. The quantitative estimate of drug-likeness (QED) is 0.591.